The number of hydrogen-bond acceptors (Lipinski definition) is 4. The number of hydrogen-bond donors (Lipinski definition) is 2. The maximum Gasteiger partial charge on any atom is 0.227 e. The molecular formula is C19H27N3O3. The number of nitrogens with zero attached hydrogens (tertiary/aromatic N) is 1. The van der Waals surface area contributed by atoms with Gasteiger partial charge in [0.05, 0.1) is 19.6 Å². The second kappa shape index (κ2) is 8.97. The average molecular weight is 345 g/mol. The maximum atomic E-state index is 12.2. The van der Waals surface area contributed by atoms with Crippen LogP contribution in [0.4, 0.5) is 5.69 Å². The van der Waals surface area contributed by atoms with Gasteiger partial charge in [0.1, 0.15) is 0 Å². The fourth-order valence-corrected chi connectivity index (χ4v) is 3.32. The van der Waals surface area contributed by atoms with Crippen LogP contribution in [-0.4, -0.2) is 56.1 Å². The van der Waals surface area contributed by atoms with E-state index in [2.05, 4.69) is 10.6 Å². The Labute approximate surface area is 148 Å². The SMILES string of the molecule is O=C(CCC1CCNC1)Nc1ccc(CC(=O)N2CCOCC2)cc1. The van der Waals surface area contributed by atoms with Gasteiger partial charge in [-0.1, -0.05) is 12.1 Å². The van der Waals surface area contributed by atoms with Gasteiger partial charge in [-0.15, -0.1) is 0 Å². The highest BCUT2D eigenvalue weighted by Gasteiger charge is 2.17. The number of benzene rings is 1. The first kappa shape index (κ1) is 17.9. The van der Waals surface area contributed by atoms with Gasteiger partial charge in [0.15, 0.2) is 0 Å². The molecule has 0 saturated carbocycles. The molecule has 0 aliphatic carbocycles. The monoisotopic (exact) mass is 345 g/mol. The molecule has 2 N–H and O–H groups in total. The maximum absolute atomic E-state index is 12.2. The molecule has 136 valence electrons. The molecule has 2 heterocycles. The Balaban J connectivity index is 1.43. The van der Waals surface area contributed by atoms with Crippen LogP contribution in [0.3, 0.4) is 0 Å². The molecule has 6 nitrogen and oxygen atoms in total. The van der Waals surface area contributed by atoms with E-state index < -0.39 is 0 Å². The minimum absolute atomic E-state index is 0.0593. The predicted molar refractivity (Wildman–Crippen MR) is 96.4 cm³/mol. The molecule has 6 heteroatoms. The van der Waals surface area contributed by atoms with Gasteiger partial charge in [-0.3, -0.25) is 9.59 Å². The molecule has 2 aliphatic rings. The van der Waals surface area contributed by atoms with Crippen LogP contribution in [0, 0.1) is 5.92 Å². The second-order valence-corrected chi connectivity index (χ2v) is 6.81. The molecule has 1 aromatic rings. The summed E-state index contributed by atoms with van der Waals surface area (Å²) in [6.07, 6.45) is 3.05. The zero-order valence-corrected chi connectivity index (χ0v) is 14.6. The Hall–Kier alpha value is -1.92. The Morgan fingerprint density at radius 3 is 2.64 bits per heavy atom. The van der Waals surface area contributed by atoms with Gasteiger partial charge in [-0.05, 0) is 49.5 Å². The minimum atomic E-state index is 0.0593. The summed E-state index contributed by atoms with van der Waals surface area (Å²) in [6, 6.07) is 7.57. The summed E-state index contributed by atoms with van der Waals surface area (Å²) in [7, 11) is 0. The van der Waals surface area contributed by atoms with Crippen molar-refractivity contribution in [3.8, 4) is 0 Å². The average Bonchev–Trinajstić information content (AvgIpc) is 3.16. The molecule has 1 unspecified atom stereocenters. The van der Waals surface area contributed by atoms with Gasteiger partial charge in [0, 0.05) is 25.2 Å². The fraction of sp³-hybridized carbons (Fsp3) is 0.579. The normalized spacial score (nSPS) is 20.5. The van der Waals surface area contributed by atoms with Crippen LogP contribution in [0.15, 0.2) is 24.3 Å². The first-order valence-corrected chi connectivity index (χ1v) is 9.16. The van der Waals surface area contributed by atoms with Gasteiger partial charge < -0.3 is 20.3 Å². The summed E-state index contributed by atoms with van der Waals surface area (Å²) in [4.78, 5) is 26.1. The zero-order chi connectivity index (χ0) is 17.5. The highest BCUT2D eigenvalue weighted by molar-refractivity contribution is 5.90. The fourth-order valence-electron chi connectivity index (χ4n) is 3.32. The molecule has 2 amide bonds. The number of amides is 2. The van der Waals surface area contributed by atoms with E-state index in [1.807, 2.05) is 29.2 Å². The second-order valence-electron chi connectivity index (χ2n) is 6.81. The Kier molecular flexibility index (Phi) is 6.42. The van der Waals surface area contributed by atoms with Crippen LogP contribution in [0.25, 0.3) is 0 Å². The van der Waals surface area contributed by atoms with E-state index in [4.69, 9.17) is 4.74 Å². The van der Waals surface area contributed by atoms with Gasteiger partial charge in [0.25, 0.3) is 0 Å². The molecule has 0 spiro atoms. The Bertz CT molecular complexity index is 576. The largest absolute Gasteiger partial charge is 0.378 e. The summed E-state index contributed by atoms with van der Waals surface area (Å²) < 4.78 is 5.27. The Morgan fingerprint density at radius 2 is 1.96 bits per heavy atom. The van der Waals surface area contributed by atoms with Crippen molar-refractivity contribution in [3.05, 3.63) is 29.8 Å². The van der Waals surface area contributed by atoms with Crippen molar-refractivity contribution in [3.63, 3.8) is 0 Å². The van der Waals surface area contributed by atoms with E-state index in [9.17, 15) is 9.59 Å². The van der Waals surface area contributed by atoms with Crippen molar-refractivity contribution in [2.24, 2.45) is 5.92 Å². The first-order valence-electron chi connectivity index (χ1n) is 9.16. The van der Waals surface area contributed by atoms with Crippen LogP contribution >= 0.6 is 0 Å². The van der Waals surface area contributed by atoms with E-state index in [0.29, 0.717) is 45.1 Å². The van der Waals surface area contributed by atoms with Gasteiger partial charge in [0.2, 0.25) is 11.8 Å². The van der Waals surface area contributed by atoms with Crippen LogP contribution in [0.5, 0.6) is 0 Å². The van der Waals surface area contributed by atoms with Crippen molar-refractivity contribution in [2.75, 3.05) is 44.7 Å². The smallest absolute Gasteiger partial charge is 0.227 e. The molecule has 3 rings (SSSR count). The molecule has 1 aromatic carbocycles. The van der Waals surface area contributed by atoms with E-state index in [1.165, 1.54) is 6.42 Å². The Morgan fingerprint density at radius 1 is 1.20 bits per heavy atom. The number of nitrogens with one attached hydrogen (secondary N) is 2. The number of ether oxygens (including phenoxy) is 1. The van der Waals surface area contributed by atoms with Crippen LogP contribution < -0.4 is 10.6 Å². The number of morpholine rings is 1. The minimum Gasteiger partial charge on any atom is -0.378 e. The molecule has 25 heavy (non-hydrogen) atoms. The lowest BCUT2D eigenvalue weighted by Gasteiger charge is -2.26. The van der Waals surface area contributed by atoms with E-state index in [-0.39, 0.29) is 11.8 Å². The molecule has 2 saturated heterocycles. The lowest BCUT2D eigenvalue weighted by molar-refractivity contribution is -0.134. The van der Waals surface area contributed by atoms with Crippen LogP contribution in [-0.2, 0) is 20.7 Å². The summed E-state index contributed by atoms with van der Waals surface area (Å²) in [5.74, 6) is 0.814. The number of carbonyl (C=O) groups excluding carboxylic acids is 2. The lowest BCUT2D eigenvalue weighted by atomic mass is 10.0. The zero-order valence-electron chi connectivity index (χ0n) is 14.6. The van der Waals surface area contributed by atoms with Crippen molar-refractivity contribution < 1.29 is 14.3 Å². The quantitative estimate of drug-likeness (QED) is 0.818. The van der Waals surface area contributed by atoms with Crippen molar-refractivity contribution >= 4 is 17.5 Å². The van der Waals surface area contributed by atoms with Gasteiger partial charge in [-0.25, -0.2) is 0 Å². The molecule has 2 fully saturated rings. The van der Waals surface area contributed by atoms with E-state index >= 15 is 0 Å². The number of anilines is 1. The van der Waals surface area contributed by atoms with E-state index in [0.717, 1.165) is 30.8 Å². The molecular weight excluding hydrogens is 318 g/mol. The third kappa shape index (κ3) is 5.54. The highest BCUT2D eigenvalue weighted by Crippen LogP contribution is 2.16. The van der Waals surface area contributed by atoms with Crippen molar-refractivity contribution in [2.45, 2.75) is 25.7 Å². The predicted octanol–water partition coefficient (Wildman–Crippen LogP) is 1.42. The summed E-state index contributed by atoms with van der Waals surface area (Å²) >= 11 is 0. The van der Waals surface area contributed by atoms with Gasteiger partial charge in [-0.2, -0.15) is 0 Å². The molecule has 2 aliphatic heterocycles. The van der Waals surface area contributed by atoms with Crippen molar-refractivity contribution in [1.82, 2.24) is 10.2 Å². The van der Waals surface area contributed by atoms with Crippen LogP contribution in [0.2, 0.25) is 0 Å². The molecule has 0 bridgehead atoms. The number of carbonyl (C=O) groups is 2. The first-order chi connectivity index (χ1) is 12.2. The molecule has 1 atom stereocenters. The summed E-state index contributed by atoms with van der Waals surface area (Å²) in [5.41, 5.74) is 1.75. The summed E-state index contributed by atoms with van der Waals surface area (Å²) in [6.45, 7) is 4.67. The number of rotatable bonds is 6. The molecule has 0 aromatic heterocycles. The third-order valence-corrected chi connectivity index (χ3v) is 4.90. The topological polar surface area (TPSA) is 70.7 Å². The lowest BCUT2D eigenvalue weighted by Crippen LogP contribution is -2.41. The highest BCUT2D eigenvalue weighted by atomic mass is 16.5. The van der Waals surface area contributed by atoms with E-state index in [1.54, 1.807) is 0 Å². The summed E-state index contributed by atoms with van der Waals surface area (Å²) in [5, 5.41) is 6.26. The van der Waals surface area contributed by atoms with Crippen molar-refractivity contribution in [1.29, 1.82) is 0 Å². The molecule has 0 radical (unpaired) electrons. The standard InChI is InChI=1S/C19H27N3O3/c23-18(6-3-16-7-8-20-14-16)21-17-4-1-15(2-5-17)13-19(24)22-9-11-25-12-10-22/h1-2,4-5,16,20H,3,6-14H2,(H,21,23). The third-order valence-electron chi connectivity index (χ3n) is 4.90. The van der Waals surface area contributed by atoms with Crippen LogP contribution in [0.1, 0.15) is 24.8 Å². The van der Waals surface area contributed by atoms with Gasteiger partial charge >= 0.3 is 0 Å².